The molecule has 0 spiro atoms. The first-order chi connectivity index (χ1) is 20.3. The van der Waals surface area contributed by atoms with Gasteiger partial charge < -0.3 is 14.8 Å². The topological polar surface area (TPSA) is 33.7 Å². The Balaban J connectivity index is 1.26. The number of hydrogen-bond donors (Lipinski definition) is 1. The Labute approximate surface area is 247 Å². The number of rotatable bonds is 15. The molecule has 4 rings (SSSR count). The van der Waals surface area contributed by atoms with E-state index < -0.39 is 11.7 Å². The summed E-state index contributed by atoms with van der Waals surface area (Å²) in [6, 6.07) is 32.4. The summed E-state index contributed by atoms with van der Waals surface area (Å²) in [5, 5.41) is 3.40. The molecule has 42 heavy (non-hydrogen) atoms. The molecule has 0 amide bonds. The second-order valence-electron chi connectivity index (χ2n) is 10.5. The molecule has 7 heteroatoms. The van der Waals surface area contributed by atoms with E-state index in [0.29, 0.717) is 24.7 Å². The highest BCUT2D eigenvalue weighted by molar-refractivity contribution is 5.43. The van der Waals surface area contributed by atoms with E-state index in [4.69, 9.17) is 9.47 Å². The highest BCUT2D eigenvalue weighted by atomic mass is 19.4. The van der Waals surface area contributed by atoms with Gasteiger partial charge in [-0.2, -0.15) is 13.2 Å². The van der Waals surface area contributed by atoms with Crippen molar-refractivity contribution in [3.05, 3.63) is 131 Å². The summed E-state index contributed by atoms with van der Waals surface area (Å²) in [6.45, 7) is 5.55. The molecule has 0 aliphatic heterocycles. The smallest absolute Gasteiger partial charge is 0.416 e. The molecule has 1 N–H and O–H groups in total. The molecule has 4 aromatic rings. The lowest BCUT2D eigenvalue weighted by molar-refractivity contribution is -0.137. The van der Waals surface area contributed by atoms with E-state index >= 15 is 0 Å². The van der Waals surface area contributed by atoms with E-state index in [0.717, 1.165) is 55.7 Å². The predicted molar refractivity (Wildman–Crippen MR) is 162 cm³/mol. The fraction of sp³-hybridized carbons (Fsp3) is 0.314. The first-order valence-corrected chi connectivity index (χ1v) is 14.3. The number of nitrogens with one attached hydrogen (secondary N) is 1. The molecule has 0 bridgehead atoms. The van der Waals surface area contributed by atoms with Gasteiger partial charge in [0.1, 0.15) is 6.61 Å². The second kappa shape index (κ2) is 15.4. The summed E-state index contributed by atoms with van der Waals surface area (Å²) >= 11 is 0. The standard InChI is InChI=1S/C35H39F3N2O2/c1-27(39-24-29-15-18-32(19-16-29)35(36,37)38)13-14-28-17-20-33(34(23-28)41-2)42-22-21-40(25-30-9-5-3-6-10-30)26-31-11-7-4-8-12-31/h3-12,15-20,23,27,39H,13-14,21-22,24-26H2,1-2H3/t27-/m1/s1. The van der Waals surface area contributed by atoms with E-state index in [9.17, 15) is 13.2 Å². The van der Waals surface area contributed by atoms with Crippen LogP contribution < -0.4 is 14.8 Å². The first-order valence-electron chi connectivity index (χ1n) is 14.3. The van der Waals surface area contributed by atoms with Crippen molar-refractivity contribution in [3.8, 4) is 11.5 Å². The maximum absolute atomic E-state index is 12.8. The molecule has 4 nitrogen and oxygen atoms in total. The summed E-state index contributed by atoms with van der Waals surface area (Å²) in [4.78, 5) is 2.38. The molecule has 0 saturated carbocycles. The van der Waals surface area contributed by atoms with Gasteiger partial charge in [-0.05, 0) is 66.3 Å². The molecule has 222 valence electrons. The molecule has 0 unspecified atom stereocenters. The van der Waals surface area contributed by atoms with Gasteiger partial charge in [0.15, 0.2) is 11.5 Å². The predicted octanol–water partition coefficient (Wildman–Crippen LogP) is 7.91. The quantitative estimate of drug-likeness (QED) is 0.156. The van der Waals surface area contributed by atoms with Crippen LogP contribution in [0.25, 0.3) is 0 Å². The van der Waals surface area contributed by atoms with Crippen LogP contribution in [0.5, 0.6) is 11.5 Å². The largest absolute Gasteiger partial charge is 0.493 e. The molecular weight excluding hydrogens is 537 g/mol. The van der Waals surface area contributed by atoms with E-state index in [1.807, 2.05) is 24.3 Å². The van der Waals surface area contributed by atoms with Gasteiger partial charge in [-0.25, -0.2) is 0 Å². The molecule has 1 atom stereocenters. The molecule has 0 fully saturated rings. The lowest BCUT2D eigenvalue weighted by Gasteiger charge is -2.23. The molecular formula is C35H39F3N2O2. The number of ether oxygens (including phenoxy) is 2. The average molecular weight is 577 g/mol. The van der Waals surface area contributed by atoms with Gasteiger partial charge >= 0.3 is 6.18 Å². The van der Waals surface area contributed by atoms with Crippen molar-refractivity contribution in [2.45, 2.75) is 51.6 Å². The summed E-state index contributed by atoms with van der Waals surface area (Å²) in [5.41, 5.74) is 3.86. The van der Waals surface area contributed by atoms with Crippen LogP contribution in [0, 0.1) is 0 Å². The van der Waals surface area contributed by atoms with Gasteiger partial charge in [-0.15, -0.1) is 0 Å². The third-order valence-electron chi connectivity index (χ3n) is 7.19. The number of alkyl halides is 3. The zero-order chi connectivity index (χ0) is 29.8. The molecule has 0 saturated heterocycles. The van der Waals surface area contributed by atoms with Crippen molar-refractivity contribution >= 4 is 0 Å². The van der Waals surface area contributed by atoms with Crippen molar-refractivity contribution in [2.75, 3.05) is 20.3 Å². The van der Waals surface area contributed by atoms with Crippen molar-refractivity contribution in [3.63, 3.8) is 0 Å². The Hall–Kier alpha value is -3.81. The summed E-state index contributed by atoms with van der Waals surface area (Å²) in [6.07, 6.45) is -2.61. The Kier molecular flexibility index (Phi) is 11.4. The zero-order valence-corrected chi connectivity index (χ0v) is 24.2. The van der Waals surface area contributed by atoms with Gasteiger partial charge in [-0.1, -0.05) is 78.9 Å². The third kappa shape index (κ3) is 9.93. The van der Waals surface area contributed by atoms with E-state index in [-0.39, 0.29) is 6.04 Å². The molecule has 0 aliphatic carbocycles. The first kappa shape index (κ1) is 31.1. The SMILES string of the molecule is COc1cc(CC[C@@H](C)NCc2ccc(C(F)(F)F)cc2)ccc1OCCN(Cc1ccccc1)Cc1ccccc1. The molecule has 0 aromatic heterocycles. The molecule has 0 aliphatic rings. The van der Waals surface area contributed by atoms with Crippen LogP contribution in [0.3, 0.4) is 0 Å². The third-order valence-corrected chi connectivity index (χ3v) is 7.19. The average Bonchev–Trinajstić information content (AvgIpc) is 3.00. The van der Waals surface area contributed by atoms with E-state index in [1.165, 1.54) is 23.3 Å². The number of aryl methyl sites for hydroxylation is 1. The highest BCUT2D eigenvalue weighted by Crippen LogP contribution is 2.30. The van der Waals surface area contributed by atoms with Crippen molar-refractivity contribution in [1.29, 1.82) is 0 Å². The maximum atomic E-state index is 12.8. The van der Waals surface area contributed by atoms with E-state index in [1.54, 1.807) is 7.11 Å². The summed E-state index contributed by atoms with van der Waals surface area (Å²) < 4.78 is 50.2. The monoisotopic (exact) mass is 576 g/mol. The van der Waals surface area contributed by atoms with Crippen LogP contribution in [-0.4, -0.2) is 31.2 Å². The Morgan fingerprint density at radius 2 is 1.33 bits per heavy atom. The van der Waals surface area contributed by atoms with Crippen LogP contribution >= 0.6 is 0 Å². The lowest BCUT2D eigenvalue weighted by atomic mass is 10.0. The Morgan fingerprint density at radius 1 is 0.738 bits per heavy atom. The maximum Gasteiger partial charge on any atom is 0.416 e. The fourth-order valence-corrected chi connectivity index (χ4v) is 4.76. The highest BCUT2D eigenvalue weighted by Gasteiger charge is 2.29. The van der Waals surface area contributed by atoms with Crippen LogP contribution in [0.4, 0.5) is 13.2 Å². The van der Waals surface area contributed by atoms with Crippen LogP contribution in [0.15, 0.2) is 103 Å². The fourth-order valence-electron chi connectivity index (χ4n) is 4.76. The van der Waals surface area contributed by atoms with Gasteiger partial charge in [0.25, 0.3) is 0 Å². The molecule has 0 radical (unpaired) electrons. The number of benzene rings is 4. The normalized spacial score (nSPS) is 12.3. The second-order valence-corrected chi connectivity index (χ2v) is 10.5. The Bertz CT molecular complexity index is 1310. The van der Waals surface area contributed by atoms with Crippen molar-refractivity contribution in [1.82, 2.24) is 10.2 Å². The summed E-state index contributed by atoms with van der Waals surface area (Å²) in [5.74, 6) is 1.42. The summed E-state index contributed by atoms with van der Waals surface area (Å²) in [7, 11) is 1.65. The number of nitrogens with zero attached hydrogens (tertiary/aromatic N) is 1. The number of hydrogen-bond acceptors (Lipinski definition) is 4. The van der Waals surface area contributed by atoms with Crippen molar-refractivity contribution in [2.24, 2.45) is 0 Å². The van der Waals surface area contributed by atoms with Crippen LogP contribution in [-0.2, 0) is 32.2 Å². The zero-order valence-electron chi connectivity index (χ0n) is 24.2. The van der Waals surface area contributed by atoms with Gasteiger partial charge in [0.05, 0.1) is 12.7 Å². The van der Waals surface area contributed by atoms with Gasteiger partial charge in [0, 0.05) is 32.2 Å². The number of methoxy groups -OCH3 is 1. The minimum atomic E-state index is -4.31. The van der Waals surface area contributed by atoms with Crippen LogP contribution in [0.2, 0.25) is 0 Å². The molecule has 4 aromatic carbocycles. The Morgan fingerprint density at radius 3 is 1.90 bits per heavy atom. The lowest BCUT2D eigenvalue weighted by Crippen LogP contribution is -2.27. The van der Waals surface area contributed by atoms with Crippen molar-refractivity contribution < 1.29 is 22.6 Å². The minimum Gasteiger partial charge on any atom is -0.493 e. The minimum absolute atomic E-state index is 0.189. The molecule has 0 heterocycles. The van der Waals surface area contributed by atoms with Gasteiger partial charge in [-0.3, -0.25) is 4.90 Å². The van der Waals surface area contributed by atoms with E-state index in [2.05, 4.69) is 71.7 Å². The van der Waals surface area contributed by atoms with Gasteiger partial charge in [0.2, 0.25) is 0 Å². The number of halogens is 3. The van der Waals surface area contributed by atoms with Crippen LogP contribution in [0.1, 0.15) is 41.2 Å².